The summed E-state index contributed by atoms with van der Waals surface area (Å²) in [6, 6.07) is 9.69. The Morgan fingerprint density at radius 1 is 1.28 bits per heavy atom. The number of aromatic nitrogens is 2. The van der Waals surface area contributed by atoms with Gasteiger partial charge in [-0.15, -0.1) is 0 Å². The molecule has 0 amide bonds. The monoisotopic (exact) mass is 241 g/mol. The summed E-state index contributed by atoms with van der Waals surface area (Å²) < 4.78 is 0. The van der Waals surface area contributed by atoms with Crippen molar-refractivity contribution in [2.45, 2.75) is 19.9 Å². The number of carbonyl (C=O) groups is 1. The van der Waals surface area contributed by atoms with Gasteiger partial charge in [0.15, 0.2) is 0 Å². The molecule has 2 aromatic rings. The number of nitrogens with zero attached hydrogens (tertiary/aromatic N) is 2. The Kier molecular flexibility index (Phi) is 3.79. The maximum Gasteiger partial charge on any atom is 0.135 e. The van der Waals surface area contributed by atoms with E-state index in [1.165, 1.54) is 6.33 Å². The first-order valence-electron chi connectivity index (χ1n) is 5.79. The summed E-state index contributed by atoms with van der Waals surface area (Å²) >= 11 is 0. The average molecular weight is 241 g/mol. The highest BCUT2D eigenvalue weighted by Crippen LogP contribution is 2.21. The topological polar surface area (TPSA) is 68.9 Å². The Labute approximate surface area is 106 Å². The van der Waals surface area contributed by atoms with Crippen LogP contribution in [0.1, 0.15) is 18.2 Å². The van der Waals surface area contributed by atoms with Gasteiger partial charge in [0, 0.05) is 18.5 Å². The molecule has 1 aromatic heterocycles. The van der Waals surface area contributed by atoms with Crippen LogP contribution in [0, 0.1) is 0 Å². The smallest absolute Gasteiger partial charge is 0.135 e. The van der Waals surface area contributed by atoms with Gasteiger partial charge in [-0.25, -0.2) is 9.97 Å². The first-order valence-corrected chi connectivity index (χ1v) is 5.79. The molecular weight excluding hydrogens is 226 g/mol. The number of hydrogen-bond donors (Lipinski definition) is 1. The van der Waals surface area contributed by atoms with Gasteiger partial charge in [-0.1, -0.05) is 24.3 Å². The van der Waals surface area contributed by atoms with Crippen molar-refractivity contribution in [1.82, 2.24) is 9.97 Å². The summed E-state index contributed by atoms with van der Waals surface area (Å²) in [4.78, 5) is 19.4. The van der Waals surface area contributed by atoms with Crippen molar-refractivity contribution in [3.63, 3.8) is 0 Å². The number of hydrogen-bond acceptors (Lipinski definition) is 4. The van der Waals surface area contributed by atoms with Crippen molar-refractivity contribution in [2.75, 3.05) is 0 Å². The zero-order valence-electron chi connectivity index (χ0n) is 10.3. The molecule has 0 bridgehead atoms. The van der Waals surface area contributed by atoms with E-state index in [1.54, 1.807) is 6.92 Å². The van der Waals surface area contributed by atoms with Crippen LogP contribution in [0.25, 0.3) is 11.3 Å². The van der Waals surface area contributed by atoms with Gasteiger partial charge in [0.05, 0.1) is 11.4 Å². The van der Waals surface area contributed by atoms with Crippen LogP contribution in [0.5, 0.6) is 0 Å². The van der Waals surface area contributed by atoms with Gasteiger partial charge in [-0.3, -0.25) is 4.79 Å². The number of benzene rings is 1. The summed E-state index contributed by atoms with van der Waals surface area (Å²) in [6.07, 6.45) is 1.82. The molecule has 0 saturated heterocycles. The molecule has 0 atom stereocenters. The fourth-order valence-corrected chi connectivity index (χ4v) is 1.84. The number of rotatable bonds is 4. The Bertz CT molecular complexity index is 566. The highest BCUT2D eigenvalue weighted by molar-refractivity contribution is 5.78. The van der Waals surface area contributed by atoms with Crippen LogP contribution in [-0.4, -0.2) is 15.8 Å². The highest BCUT2D eigenvalue weighted by atomic mass is 16.1. The van der Waals surface area contributed by atoms with Gasteiger partial charge >= 0.3 is 0 Å². The summed E-state index contributed by atoms with van der Waals surface area (Å²) in [5.41, 5.74) is 9.28. The van der Waals surface area contributed by atoms with Crippen molar-refractivity contribution >= 4 is 5.78 Å². The first-order chi connectivity index (χ1) is 8.70. The van der Waals surface area contributed by atoms with Crippen LogP contribution in [0.15, 0.2) is 36.7 Å². The standard InChI is InChI=1S/C14H15N3O/c1-10(18)6-12-7-14(17-9-16-12)13-5-3-2-4-11(13)8-15/h2-5,7,9H,6,8,15H2,1H3. The fraction of sp³-hybridized carbons (Fsp3) is 0.214. The number of carbonyl (C=O) groups excluding carboxylic acids is 1. The molecule has 1 aromatic carbocycles. The lowest BCUT2D eigenvalue weighted by molar-refractivity contribution is -0.116. The molecule has 4 heteroatoms. The van der Waals surface area contributed by atoms with Gasteiger partial charge in [-0.05, 0) is 18.6 Å². The van der Waals surface area contributed by atoms with Gasteiger partial charge in [0.2, 0.25) is 0 Å². The molecular formula is C14H15N3O. The van der Waals surface area contributed by atoms with Gasteiger partial charge in [-0.2, -0.15) is 0 Å². The van der Waals surface area contributed by atoms with Crippen LogP contribution in [0.3, 0.4) is 0 Å². The number of Topliss-reactive ketones (excluding diaryl/α,β-unsaturated/α-hetero) is 1. The van der Waals surface area contributed by atoms with Gasteiger partial charge in [0.25, 0.3) is 0 Å². The molecule has 92 valence electrons. The second-order valence-corrected chi connectivity index (χ2v) is 4.13. The quantitative estimate of drug-likeness (QED) is 0.885. The third-order valence-corrected chi connectivity index (χ3v) is 2.67. The summed E-state index contributed by atoms with van der Waals surface area (Å²) in [5, 5.41) is 0. The molecule has 0 fully saturated rings. The van der Waals surface area contributed by atoms with Crippen molar-refractivity contribution < 1.29 is 4.79 Å². The van der Waals surface area contributed by atoms with E-state index in [2.05, 4.69) is 9.97 Å². The van der Waals surface area contributed by atoms with E-state index in [-0.39, 0.29) is 5.78 Å². The van der Waals surface area contributed by atoms with E-state index in [0.717, 1.165) is 22.5 Å². The minimum absolute atomic E-state index is 0.0896. The molecule has 0 unspecified atom stereocenters. The van der Waals surface area contributed by atoms with Crippen LogP contribution < -0.4 is 5.73 Å². The van der Waals surface area contributed by atoms with Crippen molar-refractivity contribution in [3.8, 4) is 11.3 Å². The molecule has 0 aliphatic carbocycles. The van der Waals surface area contributed by atoms with Crippen molar-refractivity contribution in [3.05, 3.63) is 47.9 Å². The van der Waals surface area contributed by atoms with Crippen molar-refractivity contribution in [2.24, 2.45) is 5.73 Å². The first kappa shape index (κ1) is 12.4. The molecule has 18 heavy (non-hydrogen) atoms. The number of ketones is 1. The number of nitrogens with two attached hydrogens (primary N) is 1. The van der Waals surface area contributed by atoms with E-state index in [0.29, 0.717) is 13.0 Å². The maximum absolute atomic E-state index is 11.1. The molecule has 0 aliphatic rings. The van der Waals surface area contributed by atoms with Gasteiger partial charge < -0.3 is 5.73 Å². The second-order valence-electron chi connectivity index (χ2n) is 4.13. The molecule has 1 heterocycles. The lowest BCUT2D eigenvalue weighted by Gasteiger charge is -2.07. The van der Waals surface area contributed by atoms with Gasteiger partial charge in [0.1, 0.15) is 12.1 Å². The predicted octanol–water partition coefficient (Wildman–Crippen LogP) is 1.73. The predicted molar refractivity (Wildman–Crippen MR) is 69.7 cm³/mol. The molecule has 0 aliphatic heterocycles. The minimum Gasteiger partial charge on any atom is -0.326 e. The van der Waals surface area contributed by atoms with E-state index in [4.69, 9.17) is 5.73 Å². The summed E-state index contributed by atoms with van der Waals surface area (Å²) in [6.45, 7) is 2.01. The Morgan fingerprint density at radius 3 is 2.78 bits per heavy atom. The Balaban J connectivity index is 2.41. The summed E-state index contributed by atoms with van der Waals surface area (Å²) in [7, 11) is 0. The third-order valence-electron chi connectivity index (χ3n) is 2.67. The van der Waals surface area contributed by atoms with Crippen LogP contribution in [0.2, 0.25) is 0 Å². The SMILES string of the molecule is CC(=O)Cc1cc(-c2ccccc2CN)ncn1. The average Bonchev–Trinajstić information content (AvgIpc) is 2.38. The van der Waals surface area contributed by atoms with Crippen molar-refractivity contribution in [1.29, 1.82) is 0 Å². The molecule has 0 saturated carbocycles. The second kappa shape index (κ2) is 5.51. The van der Waals surface area contributed by atoms with Crippen LogP contribution in [0.4, 0.5) is 0 Å². The normalized spacial score (nSPS) is 10.3. The van der Waals surface area contributed by atoms with E-state index >= 15 is 0 Å². The summed E-state index contributed by atoms with van der Waals surface area (Å²) in [5.74, 6) is 0.0896. The zero-order valence-corrected chi connectivity index (χ0v) is 10.3. The van der Waals surface area contributed by atoms with Crippen LogP contribution in [-0.2, 0) is 17.8 Å². The fourth-order valence-electron chi connectivity index (χ4n) is 1.84. The molecule has 0 spiro atoms. The van der Waals surface area contributed by atoms with E-state index in [9.17, 15) is 4.79 Å². The minimum atomic E-state index is 0.0896. The Morgan fingerprint density at radius 2 is 2.06 bits per heavy atom. The lowest BCUT2D eigenvalue weighted by atomic mass is 10.0. The van der Waals surface area contributed by atoms with E-state index in [1.807, 2.05) is 30.3 Å². The molecule has 2 N–H and O–H groups in total. The largest absolute Gasteiger partial charge is 0.326 e. The van der Waals surface area contributed by atoms with E-state index < -0.39 is 0 Å². The lowest BCUT2D eigenvalue weighted by Crippen LogP contribution is -2.02. The highest BCUT2D eigenvalue weighted by Gasteiger charge is 2.07. The molecule has 2 rings (SSSR count). The molecule has 4 nitrogen and oxygen atoms in total. The molecule has 0 radical (unpaired) electrons. The third kappa shape index (κ3) is 2.78. The zero-order chi connectivity index (χ0) is 13.0. The maximum atomic E-state index is 11.1. The van der Waals surface area contributed by atoms with Crippen LogP contribution >= 0.6 is 0 Å². The Hall–Kier alpha value is -2.07.